The Hall–Kier alpha value is -4.13. The molecule has 5 rings (SSSR count). The van der Waals surface area contributed by atoms with Gasteiger partial charge in [-0.05, 0) is 55.3 Å². The highest BCUT2D eigenvalue weighted by Gasteiger charge is 2.33. The maximum atomic E-state index is 13.7. The Balaban J connectivity index is 1.53. The van der Waals surface area contributed by atoms with E-state index in [2.05, 4.69) is 10.3 Å². The number of hydrogen-bond acceptors (Lipinski definition) is 5. The Morgan fingerprint density at radius 3 is 2.58 bits per heavy atom. The average molecular weight is 439 g/mol. The van der Waals surface area contributed by atoms with Crippen molar-refractivity contribution in [3.8, 4) is 11.3 Å². The predicted octanol–water partition coefficient (Wildman–Crippen LogP) is 5.40. The van der Waals surface area contributed by atoms with Crippen molar-refractivity contribution in [1.29, 1.82) is 0 Å². The minimum Gasteiger partial charge on any atom is -0.340 e. The van der Waals surface area contributed by atoms with E-state index in [1.807, 2.05) is 48.5 Å². The quantitative estimate of drug-likeness (QED) is 0.451. The molecule has 33 heavy (non-hydrogen) atoms. The number of para-hydroxylation sites is 1. The summed E-state index contributed by atoms with van der Waals surface area (Å²) in [7, 11) is 0. The second kappa shape index (κ2) is 9.16. The summed E-state index contributed by atoms with van der Waals surface area (Å²) in [6.45, 7) is 0.574. The van der Waals surface area contributed by atoms with E-state index < -0.39 is 5.82 Å². The Kier molecular flexibility index (Phi) is 5.76. The van der Waals surface area contributed by atoms with Crippen LogP contribution in [0.15, 0.2) is 85.2 Å². The van der Waals surface area contributed by atoms with E-state index in [1.165, 1.54) is 12.1 Å². The molecule has 0 unspecified atom stereocenters. The molecule has 0 spiro atoms. The van der Waals surface area contributed by atoms with Gasteiger partial charge in [0.1, 0.15) is 11.6 Å². The number of aromatic nitrogens is 3. The van der Waals surface area contributed by atoms with Crippen molar-refractivity contribution >= 4 is 17.4 Å². The third-order valence-electron chi connectivity index (χ3n) is 5.65. The first-order valence-corrected chi connectivity index (χ1v) is 10.9. The topological polar surface area (TPSA) is 71.0 Å². The van der Waals surface area contributed by atoms with Gasteiger partial charge in [-0.15, -0.1) is 0 Å². The second-order valence-corrected chi connectivity index (χ2v) is 7.89. The number of benzene rings is 2. The highest BCUT2D eigenvalue weighted by Crippen LogP contribution is 2.33. The minimum absolute atomic E-state index is 0.215. The number of nitrogens with one attached hydrogen (secondary N) is 1. The molecule has 4 aromatic rings. The van der Waals surface area contributed by atoms with Crippen LogP contribution in [-0.2, 0) is 0 Å². The zero-order valence-corrected chi connectivity index (χ0v) is 17.9. The van der Waals surface area contributed by atoms with E-state index in [9.17, 15) is 9.18 Å². The Bertz CT molecular complexity index is 1270. The lowest BCUT2D eigenvalue weighted by atomic mass is 10.1. The molecule has 0 aliphatic carbocycles. The number of rotatable bonds is 5. The Labute approximate surface area is 191 Å². The third kappa shape index (κ3) is 4.57. The first kappa shape index (κ1) is 20.8. The molecule has 6 nitrogen and oxygen atoms in total. The van der Waals surface area contributed by atoms with Gasteiger partial charge in [0.25, 0.3) is 5.91 Å². The lowest BCUT2D eigenvalue weighted by Crippen LogP contribution is -2.31. The zero-order chi connectivity index (χ0) is 22.6. The van der Waals surface area contributed by atoms with Crippen molar-refractivity contribution in [2.45, 2.75) is 18.9 Å². The molecule has 1 amide bonds. The standard InChI is InChI=1S/C26H22FN5O/c27-20-7-4-6-19(16-20)26(33)32-15-5-10-23(32)25-30-22(18-11-13-28-14-12-18)17-24(31-25)29-21-8-2-1-3-9-21/h1-4,6-9,11-14,16-17,23H,5,10,15H2,(H,29,30,31)/t23-/m0/s1. The first-order valence-electron chi connectivity index (χ1n) is 10.9. The van der Waals surface area contributed by atoms with Crippen molar-refractivity contribution in [2.75, 3.05) is 11.9 Å². The van der Waals surface area contributed by atoms with Crippen LogP contribution in [0, 0.1) is 5.82 Å². The molecule has 0 saturated carbocycles. The van der Waals surface area contributed by atoms with E-state index >= 15 is 0 Å². The summed E-state index contributed by atoms with van der Waals surface area (Å²) in [5.74, 6) is 0.558. The highest BCUT2D eigenvalue weighted by molar-refractivity contribution is 5.94. The molecule has 0 bridgehead atoms. The van der Waals surface area contributed by atoms with E-state index in [-0.39, 0.29) is 11.9 Å². The summed E-state index contributed by atoms with van der Waals surface area (Å²) in [5, 5.41) is 3.34. The van der Waals surface area contributed by atoms with Gasteiger partial charge in [0, 0.05) is 41.8 Å². The average Bonchev–Trinajstić information content (AvgIpc) is 3.35. The van der Waals surface area contributed by atoms with Crippen LogP contribution in [0.2, 0.25) is 0 Å². The van der Waals surface area contributed by atoms with E-state index in [0.29, 0.717) is 23.8 Å². The van der Waals surface area contributed by atoms with E-state index in [0.717, 1.165) is 29.8 Å². The molecule has 3 heterocycles. The first-order chi connectivity index (χ1) is 16.2. The van der Waals surface area contributed by atoms with Gasteiger partial charge >= 0.3 is 0 Å². The lowest BCUT2D eigenvalue weighted by molar-refractivity contribution is 0.0729. The van der Waals surface area contributed by atoms with Crippen LogP contribution in [0.4, 0.5) is 15.9 Å². The normalized spacial score (nSPS) is 15.4. The largest absolute Gasteiger partial charge is 0.340 e. The maximum Gasteiger partial charge on any atom is 0.254 e. The number of nitrogens with zero attached hydrogens (tertiary/aromatic N) is 4. The fraction of sp³-hybridized carbons (Fsp3) is 0.154. The van der Waals surface area contributed by atoms with Crippen LogP contribution in [-0.4, -0.2) is 32.3 Å². The van der Waals surface area contributed by atoms with Crippen LogP contribution >= 0.6 is 0 Å². The summed E-state index contributed by atoms with van der Waals surface area (Å²) in [5.41, 5.74) is 2.88. The molecule has 1 saturated heterocycles. The monoisotopic (exact) mass is 439 g/mol. The fourth-order valence-electron chi connectivity index (χ4n) is 4.08. The highest BCUT2D eigenvalue weighted by atomic mass is 19.1. The van der Waals surface area contributed by atoms with Crippen LogP contribution in [0.1, 0.15) is 35.1 Å². The summed E-state index contributed by atoms with van der Waals surface area (Å²) in [6.07, 6.45) is 5.01. The minimum atomic E-state index is -0.429. The van der Waals surface area contributed by atoms with Gasteiger partial charge in [0.15, 0.2) is 5.82 Å². The van der Waals surface area contributed by atoms with Gasteiger partial charge in [-0.1, -0.05) is 24.3 Å². The molecule has 1 N–H and O–H groups in total. The molecule has 164 valence electrons. The SMILES string of the molecule is O=C(c1cccc(F)c1)N1CCC[C@H]1c1nc(Nc2ccccc2)cc(-c2ccncc2)n1. The van der Waals surface area contributed by atoms with Gasteiger partial charge in [-0.3, -0.25) is 9.78 Å². The summed E-state index contributed by atoms with van der Waals surface area (Å²) < 4.78 is 13.7. The molecular weight excluding hydrogens is 417 g/mol. The number of carbonyl (C=O) groups excluding carboxylic acids is 1. The number of hydrogen-bond donors (Lipinski definition) is 1. The third-order valence-corrected chi connectivity index (χ3v) is 5.65. The number of likely N-dealkylation sites (tertiary alicyclic amines) is 1. The molecule has 1 fully saturated rings. The number of amides is 1. The van der Waals surface area contributed by atoms with Crippen LogP contribution in [0.5, 0.6) is 0 Å². The number of halogens is 1. The van der Waals surface area contributed by atoms with Gasteiger partial charge in [-0.2, -0.15) is 0 Å². The predicted molar refractivity (Wildman–Crippen MR) is 124 cm³/mol. The molecule has 1 aliphatic heterocycles. The Morgan fingerprint density at radius 1 is 0.970 bits per heavy atom. The molecule has 7 heteroatoms. The maximum absolute atomic E-state index is 13.7. The van der Waals surface area contributed by atoms with Crippen molar-refractivity contribution < 1.29 is 9.18 Å². The molecular formula is C26H22FN5O. The molecule has 2 aromatic heterocycles. The zero-order valence-electron chi connectivity index (χ0n) is 17.9. The van der Waals surface area contributed by atoms with Crippen LogP contribution in [0.25, 0.3) is 11.3 Å². The van der Waals surface area contributed by atoms with Crippen molar-refractivity contribution in [3.63, 3.8) is 0 Å². The number of anilines is 2. The van der Waals surface area contributed by atoms with Crippen molar-refractivity contribution in [3.05, 3.63) is 102 Å². The van der Waals surface area contributed by atoms with E-state index in [4.69, 9.17) is 9.97 Å². The van der Waals surface area contributed by atoms with Gasteiger partial charge in [-0.25, -0.2) is 14.4 Å². The Morgan fingerprint density at radius 2 is 1.79 bits per heavy atom. The second-order valence-electron chi connectivity index (χ2n) is 7.89. The molecule has 1 atom stereocenters. The fourth-order valence-corrected chi connectivity index (χ4v) is 4.08. The van der Waals surface area contributed by atoms with Crippen LogP contribution < -0.4 is 5.32 Å². The summed E-state index contributed by atoms with van der Waals surface area (Å²) in [6, 6.07) is 20.9. The summed E-state index contributed by atoms with van der Waals surface area (Å²) >= 11 is 0. The number of pyridine rings is 1. The summed E-state index contributed by atoms with van der Waals surface area (Å²) in [4.78, 5) is 28.6. The van der Waals surface area contributed by atoms with Gasteiger partial charge < -0.3 is 10.2 Å². The smallest absolute Gasteiger partial charge is 0.254 e. The van der Waals surface area contributed by atoms with E-state index in [1.54, 1.807) is 29.4 Å². The van der Waals surface area contributed by atoms with Gasteiger partial charge in [0.05, 0.1) is 11.7 Å². The lowest BCUT2D eigenvalue weighted by Gasteiger charge is -2.24. The van der Waals surface area contributed by atoms with Gasteiger partial charge in [0.2, 0.25) is 0 Å². The van der Waals surface area contributed by atoms with Crippen molar-refractivity contribution in [2.24, 2.45) is 0 Å². The number of carbonyl (C=O) groups is 1. The molecule has 2 aromatic carbocycles. The van der Waals surface area contributed by atoms with Crippen molar-refractivity contribution in [1.82, 2.24) is 19.9 Å². The molecule has 1 aliphatic rings. The molecule has 0 radical (unpaired) electrons. The van der Waals surface area contributed by atoms with Crippen LogP contribution in [0.3, 0.4) is 0 Å².